The van der Waals surface area contributed by atoms with Gasteiger partial charge in [0.05, 0.1) is 0 Å². The van der Waals surface area contributed by atoms with Crippen LogP contribution in [0.25, 0.3) is 0 Å². The van der Waals surface area contributed by atoms with Crippen LogP contribution >= 0.6 is 0 Å². The van der Waals surface area contributed by atoms with Crippen LogP contribution in [0.1, 0.15) is 27.7 Å². The van der Waals surface area contributed by atoms with E-state index < -0.39 is 0 Å². The molecule has 0 heterocycles. The summed E-state index contributed by atoms with van der Waals surface area (Å²) in [6.45, 7) is 13.4. The van der Waals surface area contributed by atoms with E-state index in [1.165, 1.54) is 5.57 Å². The maximum absolute atomic E-state index is 3.71. The number of hydrogen-bond acceptors (Lipinski definition) is 1. The molecule has 0 fully saturated rings. The van der Waals surface area contributed by atoms with Crippen molar-refractivity contribution in [2.45, 2.75) is 33.7 Å². The van der Waals surface area contributed by atoms with E-state index in [0.29, 0.717) is 12.0 Å². The summed E-state index contributed by atoms with van der Waals surface area (Å²) in [7, 11) is 0. The molecule has 12 heavy (non-hydrogen) atoms. The molecule has 0 aromatic carbocycles. The van der Waals surface area contributed by atoms with Crippen molar-refractivity contribution < 1.29 is 0 Å². The maximum atomic E-state index is 3.71. The molecule has 0 aliphatic carbocycles. The molecule has 70 valence electrons. The van der Waals surface area contributed by atoms with E-state index >= 15 is 0 Å². The Balaban J connectivity index is 3.97. The summed E-state index contributed by atoms with van der Waals surface area (Å²) in [4.78, 5) is 0. The zero-order valence-electron chi connectivity index (χ0n) is 8.72. The zero-order valence-corrected chi connectivity index (χ0v) is 8.72. The van der Waals surface area contributed by atoms with E-state index in [9.17, 15) is 0 Å². The average molecular weight is 167 g/mol. The summed E-state index contributed by atoms with van der Waals surface area (Å²) in [5, 5.41) is 3.40. The molecule has 0 aliphatic rings. The van der Waals surface area contributed by atoms with Crippen molar-refractivity contribution in [3.63, 3.8) is 0 Å². The molecule has 0 rings (SSSR count). The quantitative estimate of drug-likeness (QED) is 0.621. The Morgan fingerprint density at radius 3 is 2.25 bits per heavy atom. The van der Waals surface area contributed by atoms with Crippen molar-refractivity contribution in [1.29, 1.82) is 0 Å². The van der Waals surface area contributed by atoms with Gasteiger partial charge in [0.2, 0.25) is 0 Å². The SMILES string of the molecule is C=C/C=C(/CNC(C)C)C(C)C. The molecule has 0 saturated heterocycles. The van der Waals surface area contributed by atoms with Crippen LogP contribution in [-0.2, 0) is 0 Å². The zero-order chi connectivity index (χ0) is 9.56. The number of allylic oxidation sites excluding steroid dienone is 2. The highest BCUT2D eigenvalue weighted by molar-refractivity contribution is 5.13. The minimum atomic E-state index is 0.553. The van der Waals surface area contributed by atoms with Crippen molar-refractivity contribution in [3.8, 4) is 0 Å². The van der Waals surface area contributed by atoms with Gasteiger partial charge < -0.3 is 5.32 Å². The molecule has 0 aliphatic heterocycles. The fourth-order valence-electron chi connectivity index (χ4n) is 0.929. The molecule has 0 aromatic rings. The first-order valence-electron chi connectivity index (χ1n) is 4.62. The highest BCUT2D eigenvalue weighted by Crippen LogP contribution is 2.08. The highest BCUT2D eigenvalue weighted by Gasteiger charge is 2.02. The third kappa shape index (κ3) is 5.14. The molecule has 0 radical (unpaired) electrons. The van der Waals surface area contributed by atoms with Crippen LogP contribution < -0.4 is 5.32 Å². The van der Waals surface area contributed by atoms with Gasteiger partial charge in [0.15, 0.2) is 0 Å². The standard InChI is InChI=1S/C11H21N/c1-6-7-11(9(2)3)8-12-10(4)5/h6-7,9-10,12H,1,8H2,2-5H3/b11-7-. The first-order chi connectivity index (χ1) is 5.57. The van der Waals surface area contributed by atoms with E-state index in [4.69, 9.17) is 0 Å². The molecule has 0 unspecified atom stereocenters. The largest absolute Gasteiger partial charge is 0.311 e. The first-order valence-corrected chi connectivity index (χ1v) is 4.62. The van der Waals surface area contributed by atoms with E-state index in [1.807, 2.05) is 6.08 Å². The molecule has 1 N–H and O–H groups in total. The Bertz CT molecular complexity index is 154. The lowest BCUT2D eigenvalue weighted by molar-refractivity contribution is 0.590. The van der Waals surface area contributed by atoms with E-state index in [1.54, 1.807) is 0 Å². The second-order valence-corrected chi connectivity index (χ2v) is 3.67. The summed E-state index contributed by atoms with van der Waals surface area (Å²) in [5.74, 6) is 0.606. The molecular formula is C11H21N. The lowest BCUT2D eigenvalue weighted by Gasteiger charge is -2.14. The molecule has 0 spiro atoms. The fourth-order valence-corrected chi connectivity index (χ4v) is 0.929. The van der Waals surface area contributed by atoms with E-state index in [2.05, 4.69) is 45.7 Å². The molecular weight excluding hydrogens is 146 g/mol. The van der Waals surface area contributed by atoms with Crippen molar-refractivity contribution in [2.24, 2.45) is 5.92 Å². The van der Waals surface area contributed by atoms with Crippen LogP contribution in [0, 0.1) is 5.92 Å². The summed E-state index contributed by atoms with van der Waals surface area (Å²) in [6, 6.07) is 0.553. The van der Waals surface area contributed by atoms with Crippen molar-refractivity contribution in [3.05, 3.63) is 24.3 Å². The highest BCUT2D eigenvalue weighted by atomic mass is 14.9. The Labute approximate surface area is 76.6 Å². The second kappa shape index (κ2) is 6.01. The molecule has 0 bridgehead atoms. The molecule has 1 heteroatoms. The summed E-state index contributed by atoms with van der Waals surface area (Å²) < 4.78 is 0. The summed E-state index contributed by atoms with van der Waals surface area (Å²) >= 11 is 0. The van der Waals surface area contributed by atoms with Gasteiger partial charge in [-0.1, -0.05) is 52.0 Å². The predicted molar refractivity (Wildman–Crippen MR) is 56.3 cm³/mol. The van der Waals surface area contributed by atoms with Gasteiger partial charge in [0.1, 0.15) is 0 Å². The van der Waals surface area contributed by atoms with Gasteiger partial charge in [-0.3, -0.25) is 0 Å². The van der Waals surface area contributed by atoms with Gasteiger partial charge in [-0.25, -0.2) is 0 Å². The van der Waals surface area contributed by atoms with E-state index in [-0.39, 0.29) is 0 Å². The Morgan fingerprint density at radius 1 is 1.33 bits per heavy atom. The minimum Gasteiger partial charge on any atom is -0.311 e. The molecule has 0 amide bonds. The molecule has 0 atom stereocenters. The molecule has 0 aromatic heterocycles. The lowest BCUT2D eigenvalue weighted by Crippen LogP contribution is -2.26. The Morgan fingerprint density at radius 2 is 1.92 bits per heavy atom. The van der Waals surface area contributed by atoms with Crippen LogP contribution in [-0.4, -0.2) is 12.6 Å². The van der Waals surface area contributed by atoms with Crippen molar-refractivity contribution in [2.75, 3.05) is 6.54 Å². The number of nitrogens with one attached hydrogen (secondary N) is 1. The van der Waals surface area contributed by atoms with Crippen molar-refractivity contribution in [1.82, 2.24) is 5.32 Å². The summed E-state index contributed by atoms with van der Waals surface area (Å²) in [6.07, 6.45) is 3.96. The van der Waals surface area contributed by atoms with E-state index in [0.717, 1.165) is 6.54 Å². The summed E-state index contributed by atoms with van der Waals surface area (Å²) in [5.41, 5.74) is 1.42. The van der Waals surface area contributed by atoms with Crippen LogP contribution in [0.2, 0.25) is 0 Å². The second-order valence-electron chi connectivity index (χ2n) is 3.67. The van der Waals surface area contributed by atoms with Crippen molar-refractivity contribution >= 4 is 0 Å². The van der Waals surface area contributed by atoms with Gasteiger partial charge in [0.25, 0.3) is 0 Å². The van der Waals surface area contributed by atoms with Gasteiger partial charge in [0, 0.05) is 12.6 Å². The van der Waals surface area contributed by atoms with Crippen LogP contribution in [0.15, 0.2) is 24.3 Å². The van der Waals surface area contributed by atoms with Gasteiger partial charge in [-0.05, 0) is 5.92 Å². The Hall–Kier alpha value is -0.560. The van der Waals surface area contributed by atoms with Gasteiger partial charge in [-0.2, -0.15) is 0 Å². The third-order valence-electron chi connectivity index (χ3n) is 1.79. The minimum absolute atomic E-state index is 0.553. The topological polar surface area (TPSA) is 12.0 Å². The monoisotopic (exact) mass is 167 g/mol. The molecule has 1 nitrogen and oxygen atoms in total. The normalized spacial score (nSPS) is 12.7. The average Bonchev–Trinajstić information content (AvgIpc) is 1.96. The molecule has 0 saturated carbocycles. The smallest absolute Gasteiger partial charge is 0.0172 e. The third-order valence-corrected chi connectivity index (χ3v) is 1.79. The van der Waals surface area contributed by atoms with Crippen LogP contribution in [0.4, 0.5) is 0 Å². The van der Waals surface area contributed by atoms with Gasteiger partial charge in [-0.15, -0.1) is 0 Å². The maximum Gasteiger partial charge on any atom is 0.0172 e. The van der Waals surface area contributed by atoms with Crippen LogP contribution in [0.3, 0.4) is 0 Å². The van der Waals surface area contributed by atoms with Gasteiger partial charge >= 0.3 is 0 Å². The lowest BCUT2D eigenvalue weighted by atomic mass is 10.0. The fraction of sp³-hybridized carbons (Fsp3) is 0.636. The first kappa shape index (κ1) is 11.4. The number of hydrogen-bond donors (Lipinski definition) is 1. The number of rotatable bonds is 5. The predicted octanol–water partition coefficient (Wildman–Crippen LogP) is 2.75. The van der Waals surface area contributed by atoms with Crippen LogP contribution in [0.5, 0.6) is 0 Å². The Kier molecular flexibility index (Phi) is 5.73.